The van der Waals surface area contributed by atoms with Crippen LogP contribution in [0.1, 0.15) is 15.9 Å². The molecule has 0 spiro atoms. The van der Waals surface area contributed by atoms with E-state index in [0.717, 1.165) is 0 Å². The fourth-order valence-electron chi connectivity index (χ4n) is 2.87. The van der Waals surface area contributed by atoms with Crippen molar-refractivity contribution in [3.8, 4) is 17.2 Å². The number of nitrogens with one attached hydrogen (secondary N) is 2. The SMILES string of the molecule is COc1ccc(C(=O)N/N=C/c2cc(Cl)c(OCC(=O)Nc3ccc(Cl)cc3)c(Cl)c2)cc1OC. The van der Waals surface area contributed by atoms with E-state index < -0.39 is 11.8 Å². The summed E-state index contributed by atoms with van der Waals surface area (Å²) in [5.41, 5.74) is 3.82. The molecule has 0 aliphatic carbocycles. The second-order valence-electron chi connectivity index (χ2n) is 6.93. The van der Waals surface area contributed by atoms with Gasteiger partial charge in [-0.1, -0.05) is 34.8 Å². The van der Waals surface area contributed by atoms with E-state index in [1.165, 1.54) is 38.6 Å². The summed E-state index contributed by atoms with van der Waals surface area (Å²) in [7, 11) is 2.98. The number of halogens is 3. The van der Waals surface area contributed by atoms with Crippen molar-refractivity contribution in [2.24, 2.45) is 5.10 Å². The highest BCUT2D eigenvalue weighted by Gasteiger charge is 2.13. The summed E-state index contributed by atoms with van der Waals surface area (Å²) in [6.45, 7) is -0.309. The molecule has 35 heavy (non-hydrogen) atoms. The molecule has 0 atom stereocenters. The first-order valence-corrected chi connectivity index (χ1v) is 11.2. The summed E-state index contributed by atoms with van der Waals surface area (Å²) < 4.78 is 15.8. The van der Waals surface area contributed by atoms with Crippen LogP contribution in [0.4, 0.5) is 5.69 Å². The molecule has 0 heterocycles. The number of carbonyl (C=O) groups is 2. The van der Waals surface area contributed by atoms with Gasteiger partial charge in [0.15, 0.2) is 23.9 Å². The Labute approximate surface area is 216 Å². The number of hydrogen-bond donors (Lipinski definition) is 2. The average molecular weight is 537 g/mol. The van der Waals surface area contributed by atoms with Crippen LogP contribution < -0.4 is 25.0 Å². The first-order valence-electron chi connectivity index (χ1n) is 10.0. The van der Waals surface area contributed by atoms with Crippen LogP contribution in [0.15, 0.2) is 59.7 Å². The van der Waals surface area contributed by atoms with E-state index in [9.17, 15) is 9.59 Å². The number of nitrogens with zero attached hydrogens (tertiary/aromatic N) is 1. The molecule has 0 fully saturated rings. The lowest BCUT2D eigenvalue weighted by molar-refractivity contribution is -0.118. The number of rotatable bonds is 9. The first-order chi connectivity index (χ1) is 16.8. The van der Waals surface area contributed by atoms with Crippen LogP contribution in [-0.2, 0) is 4.79 Å². The van der Waals surface area contributed by atoms with Gasteiger partial charge in [-0.25, -0.2) is 5.43 Å². The molecule has 0 unspecified atom stereocenters. The summed E-state index contributed by atoms with van der Waals surface area (Å²) in [5, 5.41) is 7.50. The first kappa shape index (κ1) is 26.2. The Morgan fingerprint density at radius 3 is 2.20 bits per heavy atom. The van der Waals surface area contributed by atoms with Crippen molar-refractivity contribution >= 4 is 58.5 Å². The van der Waals surface area contributed by atoms with Crippen molar-refractivity contribution in [1.82, 2.24) is 5.43 Å². The van der Waals surface area contributed by atoms with E-state index in [0.29, 0.717) is 33.3 Å². The van der Waals surface area contributed by atoms with Crippen molar-refractivity contribution in [3.63, 3.8) is 0 Å². The third-order valence-electron chi connectivity index (χ3n) is 4.52. The van der Waals surface area contributed by atoms with Crippen LogP contribution in [0.3, 0.4) is 0 Å². The van der Waals surface area contributed by atoms with Gasteiger partial charge >= 0.3 is 0 Å². The van der Waals surface area contributed by atoms with Crippen LogP contribution in [-0.4, -0.2) is 38.9 Å². The standard InChI is InChI=1S/C24H20Cl3N3O5/c1-33-20-8-3-15(11-21(20)34-2)24(32)30-28-12-14-9-18(26)23(19(27)10-14)35-13-22(31)29-17-6-4-16(25)5-7-17/h3-12H,13H2,1-2H3,(H,29,31)(H,30,32)/b28-12+. The molecular weight excluding hydrogens is 517 g/mol. The second-order valence-corrected chi connectivity index (χ2v) is 8.18. The number of benzene rings is 3. The molecule has 3 aromatic rings. The van der Waals surface area contributed by atoms with E-state index in [1.807, 2.05) is 0 Å². The maximum atomic E-state index is 12.3. The van der Waals surface area contributed by atoms with Gasteiger partial charge < -0.3 is 19.5 Å². The Morgan fingerprint density at radius 1 is 0.914 bits per heavy atom. The molecule has 11 heteroatoms. The van der Waals surface area contributed by atoms with Crippen molar-refractivity contribution in [1.29, 1.82) is 0 Å². The van der Waals surface area contributed by atoms with Gasteiger partial charge in [-0.15, -0.1) is 0 Å². The molecule has 3 rings (SSSR count). The average Bonchev–Trinajstić information content (AvgIpc) is 2.84. The molecule has 182 valence electrons. The monoisotopic (exact) mass is 535 g/mol. The van der Waals surface area contributed by atoms with E-state index in [-0.39, 0.29) is 22.4 Å². The molecule has 0 saturated carbocycles. The molecule has 0 bridgehead atoms. The number of methoxy groups -OCH3 is 2. The molecule has 3 aromatic carbocycles. The molecule has 0 aliphatic rings. The highest BCUT2D eigenvalue weighted by atomic mass is 35.5. The minimum absolute atomic E-state index is 0.145. The Bertz CT molecular complexity index is 1230. The van der Waals surface area contributed by atoms with Gasteiger partial charge in [-0.3, -0.25) is 9.59 Å². The molecule has 2 amide bonds. The maximum absolute atomic E-state index is 12.3. The molecule has 0 aromatic heterocycles. The zero-order valence-corrected chi connectivity index (χ0v) is 20.9. The minimum atomic E-state index is -0.453. The summed E-state index contributed by atoms with van der Waals surface area (Å²) in [6, 6.07) is 14.4. The maximum Gasteiger partial charge on any atom is 0.271 e. The molecule has 0 saturated heterocycles. The van der Waals surface area contributed by atoms with Crippen molar-refractivity contribution in [3.05, 3.63) is 80.8 Å². The Kier molecular flexibility index (Phi) is 9.19. The fraction of sp³-hybridized carbons (Fsp3) is 0.125. The number of carbonyl (C=O) groups excluding carboxylic acids is 2. The number of anilines is 1. The zero-order chi connectivity index (χ0) is 25.4. The third kappa shape index (κ3) is 7.26. The highest BCUT2D eigenvalue weighted by Crippen LogP contribution is 2.34. The van der Waals surface area contributed by atoms with Crippen LogP contribution in [0, 0.1) is 0 Å². The van der Waals surface area contributed by atoms with Crippen molar-refractivity contribution < 1.29 is 23.8 Å². The molecule has 8 nitrogen and oxygen atoms in total. The van der Waals surface area contributed by atoms with Crippen molar-refractivity contribution in [2.75, 3.05) is 26.1 Å². The largest absolute Gasteiger partial charge is 0.493 e. The zero-order valence-electron chi connectivity index (χ0n) is 18.6. The summed E-state index contributed by atoms with van der Waals surface area (Å²) in [5.74, 6) is 0.210. The Morgan fingerprint density at radius 2 is 1.57 bits per heavy atom. The van der Waals surface area contributed by atoms with E-state index in [4.69, 9.17) is 49.0 Å². The molecular formula is C24H20Cl3N3O5. The van der Waals surface area contributed by atoms with Gasteiger partial charge in [0.05, 0.1) is 30.5 Å². The summed E-state index contributed by atoms with van der Waals surface area (Å²) >= 11 is 18.4. The number of amides is 2. The van der Waals surface area contributed by atoms with Crippen molar-refractivity contribution in [2.45, 2.75) is 0 Å². The lowest BCUT2D eigenvalue weighted by atomic mass is 10.2. The van der Waals surface area contributed by atoms with Crippen LogP contribution >= 0.6 is 34.8 Å². The third-order valence-corrected chi connectivity index (χ3v) is 5.34. The number of ether oxygens (including phenoxy) is 3. The van der Waals surface area contributed by atoms with Gasteiger partial charge in [-0.05, 0) is 60.2 Å². The topological polar surface area (TPSA) is 98.3 Å². The summed E-state index contributed by atoms with van der Waals surface area (Å²) in [6.07, 6.45) is 1.37. The van der Waals surface area contributed by atoms with Crippen LogP contribution in [0.2, 0.25) is 15.1 Å². The van der Waals surface area contributed by atoms with Gasteiger partial charge in [0.25, 0.3) is 11.8 Å². The van der Waals surface area contributed by atoms with Gasteiger partial charge in [0.2, 0.25) is 0 Å². The highest BCUT2D eigenvalue weighted by molar-refractivity contribution is 6.37. The number of hydrogen-bond acceptors (Lipinski definition) is 6. The van der Waals surface area contributed by atoms with Crippen LogP contribution in [0.5, 0.6) is 17.2 Å². The normalized spacial score (nSPS) is 10.7. The Hall–Kier alpha value is -3.46. The minimum Gasteiger partial charge on any atom is -0.493 e. The Balaban J connectivity index is 1.59. The molecule has 0 radical (unpaired) electrons. The van der Waals surface area contributed by atoms with Gasteiger partial charge in [0, 0.05) is 16.3 Å². The lowest BCUT2D eigenvalue weighted by Crippen LogP contribution is -2.20. The number of hydrazone groups is 1. The summed E-state index contributed by atoms with van der Waals surface area (Å²) in [4.78, 5) is 24.5. The van der Waals surface area contributed by atoms with Gasteiger partial charge in [0.1, 0.15) is 0 Å². The van der Waals surface area contributed by atoms with E-state index in [1.54, 1.807) is 36.4 Å². The fourth-order valence-corrected chi connectivity index (χ4v) is 3.61. The molecule has 2 N–H and O–H groups in total. The predicted molar refractivity (Wildman–Crippen MR) is 137 cm³/mol. The molecule has 0 aliphatic heterocycles. The predicted octanol–water partition coefficient (Wildman–Crippen LogP) is 5.45. The van der Waals surface area contributed by atoms with Crippen LogP contribution in [0.25, 0.3) is 0 Å². The second kappa shape index (κ2) is 12.3. The lowest BCUT2D eigenvalue weighted by Gasteiger charge is -2.11. The van der Waals surface area contributed by atoms with E-state index in [2.05, 4.69) is 15.8 Å². The van der Waals surface area contributed by atoms with Gasteiger partial charge in [-0.2, -0.15) is 5.10 Å². The smallest absolute Gasteiger partial charge is 0.271 e. The quantitative estimate of drug-likeness (QED) is 0.280. The van der Waals surface area contributed by atoms with E-state index >= 15 is 0 Å².